The van der Waals surface area contributed by atoms with Crippen LogP contribution < -0.4 is 4.90 Å². The first-order valence-electron chi connectivity index (χ1n) is 17.2. The second-order valence-electron chi connectivity index (χ2n) is 12.9. The second-order valence-corrected chi connectivity index (χ2v) is 14.0. The van der Waals surface area contributed by atoms with E-state index in [2.05, 4.69) is 187 Å². The number of hydrogen-bond acceptors (Lipinski definition) is 3. The van der Waals surface area contributed by atoms with Crippen LogP contribution in [-0.2, 0) is 0 Å². The van der Waals surface area contributed by atoms with E-state index in [9.17, 15) is 0 Å². The van der Waals surface area contributed by atoms with Gasteiger partial charge in [-0.2, -0.15) is 0 Å². The minimum atomic E-state index is 0.898. The van der Waals surface area contributed by atoms with E-state index < -0.39 is 0 Å². The number of nitrogens with zero attached hydrogens (tertiary/aromatic N) is 1. The predicted octanol–water partition coefficient (Wildman–Crippen LogP) is 14.4. The van der Waals surface area contributed by atoms with E-state index in [0.717, 1.165) is 61.3 Å². The molecule has 0 atom stereocenters. The lowest BCUT2D eigenvalue weighted by Crippen LogP contribution is -2.09. The Hall–Kier alpha value is -6.42. The van der Waals surface area contributed by atoms with Gasteiger partial charge < -0.3 is 9.32 Å². The first-order chi connectivity index (χ1) is 25.3. The molecule has 0 saturated carbocycles. The summed E-state index contributed by atoms with van der Waals surface area (Å²) in [6, 6.07) is 67.4. The van der Waals surface area contributed by atoms with E-state index in [1.54, 1.807) is 0 Å². The van der Waals surface area contributed by atoms with Crippen LogP contribution in [0.25, 0.3) is 75.5 Å². The van der Waals surface area contributed by atoms with Gasteiger partial charge in [-0.1, -0.05) is 127 Å². The van der Waals surface area contributed by atoms with Crippen molar-refractivity contribution in [2.24, 2.45) is 0 Å². The molecule has 240 valence electrons. The molecule has 0 unspecified atom stereocenters. The number of anilines is 3. The molecule has 2 nitrogen and oxygen atoms in total. The van der Waals surface area contributed by atoms with Crippen molar-refractivity contribution in [2.75, 3.05) is 4.90 Å². The normalized spacial score (nSPS) is 11.5. The summed E-state index contributed by atoms with van der Waals surface area (Å²) < 4.78 is 9.07. The average molecular weight is 670 g/mol. The molecule has 0 aliphatic carbocycles. The van der Waals surface area contributed by atoms with Crippen LogP contribution in [0.5, 0.6) is 0 Å². The fourth-order valence-corrected chi connectivity index (χ4v) is 8.45. The molecule has 8 aromatic carbocycles. The molecule has 0 radical (unpaired) electrons. The number of hydrogen-bond donors (Lipinski definition) is 0. The molecular formula is C48H31NOS. The van der Waals surface area contributed by atoms with Crippen LogP contribution in [0.3, 0.4) is 0 Å². The van der Waals surface area contributed by atoms with Crippen molar-refractivity contribution in [1.29, 1.82) is 0 Å². The lowest BCUT2D eigenvalue weighted by molar-refractivity contribution is 0.670. The molecule has 0 fully saturated rings. The SMILES string of the molecule is c1ccc(-c2ccc(N(c3ccc(-c4ccc5oc6c(-c7ccccc7)cccc6c5c4)cc3)c3ccc4sc5ccccc5c4c3)cc2)cc1. The van der Waals surface area contributed by atoms with Crippen LogP contribution in [0, 0.1) is 0 Å². The third-order valence-electron chi connectivity index (χ3n) is 9.89. The molecule has 2 heterocycles. The molecule has 0 aliphatic heterocycles. The summed E-state index contributed by atoms with van der Waals surface area (Å²) in [5, 5.41) is 4.84. The Kier molecular flexibility index (Phi) is 7.04. The molecular weight excluding hydrogens is 639 g/mol. The summed E-state index contributed by atoms with van der Waals surface area (Å²) in [5.74, 6) is 0. The third kappa shape index (κ3) is 5.18. The summed E-state index contributed by atoms with van der Waals surface area (Å²) in [6.07, 6.45) is 0. The molecule has 2 aromatic heterocycles. The smallest absolute Gasteiger partial charge is 0.143 e. The topological polar surface area (TPSA) is 16.4 Å². The minimum Gasteiger partial charge on any atom is -0.455 e. The molecule has 51 heavy (non-hydrogen) atoms. The second kappa shape index (κ2) is 12.2. The van der Waals surface area contributed by atoms with Gasteiger partial charge in [-0.05, 0) is 88.5 Å². The molecule has 0 bridgehead atoms. The zero-order valence-electron chi connectivity index (χ0n) is 27.7. The summed E-state index contributed by atoms with van der Waals surface area (Å²) in [5.41, 5.74) is 12.2. The van der Waals surface area contributed by atoms with E-state index in [-0.39, 0.29) is 0 Å². The van der Waals surface area contributed by atoms with Gasteiger partial charge in [0.2, 0.25) is 0 Å². The Bertz CT molecular complexity index is 2830. The van der Waals surface area contributed by atoms with Crippen molar-refractivity contribution in [1.82, 2.24) is 0 Å². The van der Waals surface area contributed by atoms with Gasteiger partial charge in [0.25, 0.3) is 0 Å². The fourth-order valence-electron chi connectivity index (χ4n) is 7.36. The Morgan fingerprint density at radius 3 is 1.67 bits per heavy atom. The van der Waals surface area contributed by atoms with Gasteiger partial charge in [0.15, 0.2) is 0 Å². The highest BCUT2D eigenvalue weighted by Crippen LogP contribution is 2.42. The van der Waals surface area contributed by atoms with Crippen molar-refractivity contribution in [3.05, 3.63) is 188 Å². The number of rotatable bonds is 6. The van der Waals surface area contributed by atoms with Crippen LogP contribution in [-0.4, -0.2) is 0 Å². The zero-order chi connectivity index (χ0) is 33.7. The highest BCUT2D eigenvalue weighted by molar-refractivity contribution is 7.25. The van der Waals surface area contributed by atoms with E-state index in [0.29, 0.717) is 0 Å². The highest BCUT2D eigenvalue weighted by Gasteiger charge is 2.17. The maximum Gasteiger partial charge on any atom is 0.143 e. The maximum absolute atomic E-state index is 6.46. The number of benzene rings is 8. The first-order valence-corrected chi connectivity index (χ1v) is 18.1. The lowest BCUT2D eigenvalue weighted by Gasteiger charge is -2.26. The summed E-state index contributed by atoms with van der Waals surface area (Å²) >= 11 is 1.85. The van der Waals surface area contributed by atoms with Crippen LogP contribution in [0.2, 0.25) is 0 Å². The van der Waals surface area contributed by atoms with Crippen molar-refractivity contribution in [3.63, 3.8) is 0 Å². The van der Waals surface area contributed by atoms with E-state index in [1.807, 2.05) is 17.4 Å². The lowest BCUT2D eigenvalue weighted by atomic mass is 10.00. The highest BCUT2D eigenvalue weighted by atomic mass is 32.1. The number of thiophene rings is 1. The van der Waals surface area contributed by atoms with Gasteiger partial charge in [0.1, 0.15) is 11.2 Å². The third-order valence-corrected chi connectivity index (χ3v) is 11.0. The van der Waals surface area contributed by atoms with Crippen LogP contribution in [0.1, 0.15) is 0 Å². The van der Waals surface area contributed by atoms with E-state index in [4.69, 9.17) is 4.42 Å². The van der Waals surface area contributed by atoms with E-state index >= 15 is 0 Å². The standard InChI is InChI=1S/C48H31NOS/c1-3-10-32(11-4-1)33-18-23-37(24-19-33)49(39-27-29-47-44(31-39)41-14-7-8-17-46(41)51-47)38-25-20-34(21-26-38)36-22-28-45-43(30-36)42-16-9-15-40(48(42)50-45)35-12-5-2-6-13-35/h1-31H. The Morgan fingerprint density at radius 1 is 0.353 bits per heavy atom. The molecule has 10 rings (SSSR count). The van der Waals surface area contributed by atoms with Crippen LogP contribution in [0.15, 0.2) is 192 Å². The van der Waals surface area contributed by atoms with Crippen molar-refractivity contribution in [2.45, 2.75) is 0 Å². The quantitative estimate of drug-likeness (QED) is 0.175. The van der Waals surface area contributed by atoms with Crippen molar-refractivity contribution >= 4 is 70.5 Å². The van der Waals surface area contributed by atoms with E-state index in [1.165, 1.54) is 31.3 Å². The molecule has 0 saturated heterocycles. The molecule has 3 heteroatoms. The average Bonchev–Trinajstić information content (AvgIpc) is 3.77. The number of furan rings is 1. The fraction of sp³-hybridized carbons (Fsp3) is 0. The molecule has 0 aliphatic rings. The van der Waals surface area contributed by atoms with Crippen molar-refractivity contribution < 1.29 is 4.42 Å². The molecule has 0 spiro atoms. The summed E-state index contributed by atoms with van der Waals surface area (Å²) in [4.78, 5) is 2.36. The summed E-state index contributed by atoms with van der Waals surface area (Å²) in [6.45, 7) is 0. The van der Waals surface area contributed by atoms with Gasteiger partial charge in [0, 0.05) is 53.6 Å². The van der Waals surface area contributed by atoms with Gasteiger partial charge in [-0.15, -0.1) is 11.3 Å². The van der Waals surface area contributed by atoms with Gasteiger partial charge in [0.05, 0.1) is 0 Å². The molecule has 0 N–H and O–H groups in total. The Labute approximate surface area is 300 Å². The first kappa shape index (κ1) is 29.5. The predicted molar refractivity (Wildman–Crippen MR) is 218 cm³/mol. The molecule has 10 aromatic rings. The maximum atomic E-state index is 6.46. The number of fused-ring (bicyclic) bond motifs is 6. The zero-order valence-corrected chi connectivity index (χ0v) is 28.5. The van der Waals surface area contributed by atoms with Crippen molar-refractivity contribution in [3.8, 4) is 33.4 Å². The summed E-state index contributed by atoms with van der Waals surface area (Å²) in [7, 11) is 0. The molecule has 0 amide bonds. The van der Waals surface area contributed by atoms with Gasteiger partial charge in [-0.3, -0.25) is 0 Å². The van der Waals surface area contributed by atoms with Crippen LogP contribution in [0.4, 0.5) is 17.1 Å². The van der Waals surface area contributed by atoms with Gasteiger partial charge >= 0.3 is 0 Å². The van der Waals surface area contributed by atoms with Crippen LogP contribution >= 0.6 is 11.3 Å². The monoisotopic (exact) mass is 669 g/mol. The number of para-hydroxylation sites is 1. The Morgan fingerprint density at radius 2 is 0.922 bits per heavy atom. The minimum absolute atomic E-state index is 0.898. The largest absolute Gasteiger partial charge is 0.455 e. The Balaban J connectivity index is 1.06. The van der Waals surface area contributed by atoms with Gasteiger partial charge in [-0.25, -0.2) is 0 Å².